The van der Waals surface area contributed by atoms with E-state index in [9.17, 15) is 9.59 Å². The van der Waals surface area contributed by atoms with E-state index < -0.39 is 0 Å². The van der Waals surface area contributed by atoms with Crippen molar-refractivity contribution in [3.8, 4) is 0 Å². The molecule has 0 radical (unpaired) electrons. The van der Waals surface area contributed by atoms with E-state index in [1.54, 1.807) is 28.1 Å². The standard InChI is InChI=1S/C13H15N5O2/c1-10-14-15-12-8-11(2-3-18(10)12)13(20)17-6-4-16(9-19)5-7-17/h2-3,8-9H,4-7H2,1H3. The van der Waals surface area contributed by atoms with Crippen molar-refractivity contribution in [3.63, 3.8) is 0 Å². The van der Waals surface area contributed by atoms with E-state index in [0.29, 0.717) is 37.4 Å². The van der Waals surface area contributed by atoms with Gasteiger partial charge >= 0.3 is 0 Å². The SMILES string of the molecule is Cc1nnc2cc(C(=O)N3CCN(C=O)CC3)ccn12. The van der Waals surface area contributed by atoms with Crippen LogP contribution in [-0.2, 0) is 4.79 Å². The van der Waals surface area contributed by atoms with Crippen LogP contribution in [0.3, 0.4) is 0 Å². The van der Waals surface area contributed by atoms with Gasteiger partial charge in [-0.3, -0.25) is 14.0 Å². The van der Waals surface area contributed by atoms with Gasteiger partial charge in [0.25, 0.3) is 5.91 Å². The summed E-state index contributed by atoms with van der Waals surface area (Å²) in [7, 11) is 0. The molecule has 1 aliphatic heterocycles. The van der Waals surface area contributed by atoms with Gasteiger partial charge in [0.15, 0.2) is 5.65 Å². The van der Waals surface area contributed by atoms with Crippen molar-refractivity contribution >= 4 is 18.0 Å². The highest BCUT2D eigenvalue weighted by Crippen LogP contribution is 2.11. The zero-order chi connectivity index (χ0) is 14.1. The maximum Gasteiger partial charge on any atom is 0.254 e. The van der Waals surface area contributed by atoms with Crippen LogP contribution in [0.1, 0.15) is 16.2 Å². The number of amides is 2. The van der Waals surface area contributed by atoms with Gasteiger partial charge in [-0.25, -0.2) is 0 Å². The molecular formula is C13H15N5O2. The average molecular weight is 273 g/mol. The van der Waals surface area contributed by atoms with Crippen LogP contribution in [0.15, 0.2) is 18.3 Å². The number of hydrogen-bond donors (Lipinski definition) is 0. The molecule has 104 valence electrons. The molecule has 2 aromatic rings. The highest BCUT2D eigenvalue weighted by molar-refractivity contribution is 5.95. The third kappa shape index (κ3) is 2.11. The van der Waals surface area contributed by atoms with Crippen molar-refractivity contribution in [2.75, 3.05) is 26.2 Å². The predicted molar refractivity (Wildman–Crippen MR) is 71.3 cm³/mol. The Morgan fingerprint density at radius 2 is 2.00 bits per heavy atom. The molecule has 0 bridgehead atoms. The predicted octanol–water partition coefficient (Wildman–Crippen LogP) is -0.0481. The Balaban J connectivity index is 1.80. The van der Waals surface area contributed by atoms with Crippen molar-refractivity contribution in [2.45, 2.75) is 6.92 Å². The van der Waals surface area contributed by atoms with Crippen LogP contribution in [-0.4, -0.2) is 62.9 Å². The zero-order valence-electron chi connectivity index (χ0n) is 11.2. The Kier molecular flexibility index (Phi) is 3.09. The number of piperazine rings is 1. The normalized spacial score (nSPS) is 15.7. The van der Waals surface area contributed by atoms with E-state index in [1.807, 2.05) is 11.3 Å². The van der Waals surface area contributed by atoms with E-state index in [2.05, 4.69) is 10.2 Å². The van der Waals surface area contributed by atoms with E-state index in [-0.39, 0.29) is 5.91 Å². The Hall–Kier alpha value is -2.44. The van der Waals surface area contributed by atoms with Gasteiger partial charge in [-0.2, -0.15) is 0 Å². The largest absolute Gasteiger partial charge is 0.342 e. The number of fused-ring (bicyclic) bond motifs is 1. The van der Waals surface area contributed by atoms with Gasteiger partial charge in [0.05, 0.1) is 0 Å². The minimum absolute atomic E-state index is 0.0290. The summed E-state index contributed by atoms with van der Waals surface area (Å²) in [6, 6.07) is 3.52. The molecule has 0 aliphatic carbocycles. The number of pyridine rings is 1. The quantitative estimate of drug-likeness (QED) is 0.719. The number of nitrogens with zero attached hydrogens (tertiary/aromatic N) is 5. The summed E-state index contributed by atoms with van der Waals surface area (Å²) in [5.74, 6) is 0.761. The molecule has 0 unspecified atom stereocenters. The van der Waals surface area contributed by atoms with Crippen LogP contribution < -0.4 is 0 Å². The van der Waals surface area contributed by atoms with Crippen LogP contribution in [0, 0.1) is 6.92 Å². The molecule has 1 aliphatic rings. The van der Waals surface area contributed by atoms with Crippen LogP contribution in [0.5, 0.6) is 0 Å². The van der Waals surface area contributed by atoms with Gasteiger partial charge < -0.3 is 9.80 Å². The summed E-state index contributed by atoms with van der Waals surface area (Å²) in [4.78, 5) is 26.5. The summed E-state index contributed by atoms with van der Waals surface area (Å²) in [5.41, 5.74) is 1.27. The Bertz CT molecular complexity index is 658. The number of aromatic nitrogens is 3. The van der Waals surface area contributed by atoms with E-state index in [0.717, 1.165) is 12.2 Å². The molecule has 2 aromatic heterocycles. The highest BCUT2D eigenvalue weighted by atomic mass is 16.2. The molecule has 0 saturated carbocycles. The molecule has 0 aromatic carbocycles. The molecule has 0 atom stereocenters. The van der Waals surface area contributed by atoms with Crippen molar-refractivity contribution in [3.05, 3.63) is 29.7 Å². The Morgan fingerprint density at radius 1 is 1.25 bits per heavy atom. The average Bonchev–Trinajstić information content (AvgIpc) is 2.87. The first-order valence-corrected chi connectivity index (χ1v) is 6.49. The van der Waals surface area contributed by atoms with Gasteiger partial charge in [0.2, 0.25) is 6.41 Å². The summed E-state index contributed by atoms with van der Waals surface area (Å²) >= 11 is 0. The molecule has 0 N–H and O–H groups in total. The Labute approximate surface area is 115 Å². The lowest BCUT2D eigenvalue weighted by Crippen LogP contribution is -2.48. The third-order valence-electron chi connectivity index (χ3n) is 3.58. The third-order valence-corrected chi connectivity index (χ3v) is 3.58. The first-order chi connectivity index (χ1) is 9.69. The molecule has 7 nitrogen and oxygen atoms in total. The maximum absolute atomic E-state index is 12.4. The molecule has 7 heteroatoms. The summed E-state index contributed by atoms with van der Waals surface area (Å²) < 4.78 is 1.83. The molecule has 2 amide bonds. The second kappa shape index (κ2) is 4.92. The van der Waals surface area contributed by atoms with E-state index in [1.165, 1.54) is 0 Å². The van der Waals surface area contributed by atoms with Gasteiger partial charge in [-0.15, -0.1) is 10.2 Å². The smallest absolute Gasteiger partial charge is 0.254 e. The van der Waals surface area contributed by atoms with Gasteiger partial charge in [-0.05, 0) is 19.1 Å². The molecular weight excluding hydrogens is 258 g/mol. The molecule has 3 heterocycles. The minimum Gasteiger partial charge on any atom is -0.342 e. The summed E-state index contributed by atoms with van der Waals surface area (Å²) in [6.07, 6.45) is 2.63. The fraction of sp³-hybridized carbons (Fsp3) is 0.385. The molecule has 0 spiro atoms. The fourth-order valence-electron chi connectivity index (χ4n) is 2.36. The van der Waals surface area contributed by atoms with Crippen LogP contribution in [0.2, 0.25) is 0 Å². The summed E-state index contributed by atoms with van der Waals surface area (Å²) in [5, 5.41) is 7.99. The van der Waals surface area contributed by atoms with Crippen molar-refractivity contribution in [2.24, 2.45) is 0 Å². The van der Waals surface area contributed by atoms with E-state index >= 15 is 0 Å². The first-order valence-electron chi connectivity index (χ1n) is 6.49. The van der Waals surface area contributed by atoms with Crippen molar-refractivity contribution in [1.82, 2.24) is 24.4 Å². The number of rotatable bonds is 2. The molecule has 20 heavy (non-hydrogen) atoms. The van der Waals surface area contributed by atoms with Crippen molar-refractivity contribution < 1.29 is 9.59 Å². The number of carbonyl (C=O) groups is 2. The second-order valence-electron chi connectivity index (χ2n) is 4.82. The lowest BCUT2D eigenvalue weighted by Gasteiger charge is -2.32. The summed E-state index contributed by atoms with van der Waals surface area (Å²) in [6.45, 7) is 4.16. The second-order valence-corrected chi connectivity index (χ2v) is 4.82. The first kappa shape index (κ1) is 12.6. The molecule has 1 saturated heterocycles. The molecule has 3 rings (SSSR count). The topological polar surface area (TPSA) is 70.8 Å². The Morgan fingerprint density at radius 3 is 2.70 bits per heavy atom. The fourth-order valence-corrected chi connectivity index (χ4v) is 2.36. The lowest BCUT2D eigenvalue weighted by molar-refractivity contribution is -0.119. The van der Waals surface area contributed by atoms with Gasteiger partial charge in [0, 0.05) is 37.9 Å². The zero-order valence-corrected chi connectivity index (χ0v) is 11.2. The lowest BCUT2D eigenvalue weighted by atomic mass is 10.2. The van der Waals surface area contributed by atoms with Crippen LogP contribution in [0.4, 0.5) is 0 Å². The molecule has 1 fully saturated rings. The van der Waals surface area contributed by atoms with Gasteiger partial charge in [-0.1, -0.05) is 0 Å². The maximum atomic E-state index is 12.4. The van der Waals surface area contributed by atoms with Crippen LogP contribution in [0.25, 0.3) is 5.65 Å². The van der Waals surface area contributed by atoms with Crippen LogP contribution >= 0.6 is 0 Å². The minimum atomic E-state index is -0.0290. The van der Waals surface area contributed by atoms with Crippen molar-refractivity contribution in [1.29, 1.82) is 0 Å². The van der Waals surface area contributed by atoms with Gasteiger partial charge in [0.1, 0.15) is 5.82 Å². The highest BCUT2D eigenvalue weighted by Gasteiger charge is 2.21. The van der Waals surface area contributed by atoms with E-state index in [4.69, 9.17) is 0 Å². The number of aryl methyl sites for hydroxylation is 1. The monoisotopic (exact) mass is 273 g/mol. The number of carbonyl (C=O) groups excluding carboxylic acids is 2. The number of hydrogen-bond acceptors (Lipinski definition) is 4.